The molecule has 4 rings (SSSR count). The summed E-state index contributed by atoms with van der Waals surface area (Å²) in [5.74, 6) is 0.898. The Balaban J connectivity index is 1.34. The molecule has 2 N–H and O–H groups in total. The highest BCUT2D eigenvalue weighted by molar-refractivity contribution is 5.75. The number of amides is 2. The molecule has 1 unspecified atom stereocenters. The second-order valence-corrected chi connectivity index (χ2v) is 7.59. The number of ether oxygens (including phenoxy) is 1. The molecular formula is C25H27N3O2. The van der Waals surface area contributed by atoms with Crippen LogP contribution in [-0.2, 0) is 6.54 Å². The smallest absolute Gasteiger partial charge is 0.315 e. The molecule has 1 saturated carbocycles. The molecule has 0 spiro atoms. The van der Waals surface area contributed by atoms with Crippen molar-refractivity contribution in [1.29, 1.82) is 0 Å². The molecule has 1 fully saturated rings. The van der Waals surface area contributed by atoms with Gasteiger partial charge in [-0.3, -0.25) is 4.98 Å². The second kappa shape index (κ2) is 9.92. The van der Waals surface area contributed by atoms with Crippen LogP contribution in [0.15, 0.2) is 79.0 Å². The number of urea groups is 1. The molecule has 154 valence electrons. The maximum absolute atomic E-state index is 12.6. The van der Waals surface area contributed by atoms with E-state index in [0.29, 0.717) is 12.6 Å². The number of carbonyl (C=O) groups is 1. The average molecular weight is 402 g/mol. The third kappa shape index (κ3) is 5.38. The number of nitrogens with one attached hydrogen (secondary N) is 2. The zero-order valence-corrected chi connectivity index (χ0v) is 17.0. The van der Waals surface area contributed by atoms with Gasteiger partial charge in [-0.2, -0.15) is 0 Å². The molecule has 30 heavy (non-hydrogen) atoms. The van der Waals surface area contributed by atoms with E-state index < -0.39 is 0 Å². The van der Waals surface area contributed by atoms with Crippen LogP contribution in [0.4, 0.5) is 4.79 Å². The number of carbonyl (C=O) groups excluding carboxylic acids is 1. The van der Waals surface area contributed by atoms with Gasteiger partial charge in [0.25, 0.3) is 0 Å². The molecule has 1 atom stereocenters. The largest absolute Gasteiger partial charge is 0.490 e. The van der Waals surface area contributed by atoms with Gasteiger partial charge in [-0.15, -0.1) is 0 Å². The van der Waals surface area contributed by atoms with Gasteiger partial charge in [-0.1, -0.05) is 48.5 Å². The zero-order valence-electron chi connectivity index (χ0n) is 17.0. The van der Waals surface area contributed by atoms with E-state index in [9.17, 15) is 4.79 Å². The number of benzene rings is 2. The van der Waals surface area contributed by atoms with Gasteiger partial charge in [0.1, 0.15) is 5.75 Å². The quantitative estimate of drug-likeness (QED) is 0.586. The first kappa shape index (κ1) is 20.0. The molecule has 5 nitrogen and oxygen atoms in total. The Morgan fingerprint density at radius 2 is 1.70 bits per heavy atom. The molecule has 1 aliphatic rings. The number of hydrogen-bond acceptors (Lipinski definition) is 3. The van der Waals surface area contributed by atoms with Gasteiger partial charge in [-0.25, -0.2) is 4.79 Å². The summed E-state index contributed by atoms with van der Waals surface area (Å²) in [5, 5.41) is 5.99. The zero-order chi connectivity index (χ0) is 20.6. The van der Waals surface area contributed by atoms with Crippen molar-refractivity contribution in [2.75, 3.05) is 0 Å². The van der Waals surface area contributed by atoms with Crippen LogP contribution in [0, 0.1) is 0 Å². The minimum absolute atomic E-state index is 0.235. The van der Waals surface area contributed by atoms with Gasteiger partial charge >= 0.3 is 6.03 Å². The van der Waals surface area contributed by atoms with Crippen molar-refractivity contribution in [3.05, 3.63) is 95.8 Å². The minimum Gasteiger partial charge on any atom is -0.490 e. The maximum atomic E-state index is 12.6. The van der Waals surface area contributed by atoms with Crippen molar-refractivity contribution >= 4 is 6.03 Å². The molecule has 1 aliphatic carbocycles. The van der Waals surface area contributed by atoms with Crippen LogP contribution in [0.25, 0.3) is 0 Å². The summed E-state index contributed by atoms with van der Waals surface area (Å²) in [6.45, 7) is 0.444. The number of pyridine rings is 1. The van der Waals surface area contributed by atoms with Gasteiger partial charge < -0.3 is 15.4 Å². The standard InChI is InChI=1S/C25H27N3O2/c29-25(27-18-19-13-15-22(16-14-19)30-21-10-4-5-11-21)28-24(20-8-2-1-3-9-20)23-12-6-7-17-26-23/h1-3,6-9,12-17,21,24H,4-5,10-11,18H2,(H2,27,28,29). The summed E-state index contributed by atoms with van der Waals surface area (Å²) in [6, 6.07) is 23.0. The summed E-state index contributed by atoms with van der Waals surface area (Å²) in [7, 11) is 0. The van der Waals surface area contributed by atoms with E-state index >= 15 is 0 Å². The lowest BCUT2D eigenvalue weighted by atomic mass is 10.0. The SMILES string of the molecule is O=C(NCc1ccc(OC2CCCC2)cc1)NC(c1ccccc1)c1ccccn1. The van der Waals surface area contributed by atoms with Gasteiger partial charge in [0.05, 0.1) is 17.8 Å². The normalized spacial score (nSPS) is 14.8. The third-order valence-corrected chi connectivity index (χ3v) is 5.37. The Morgan fingerprint density at radius 3 is 2.40 bits per heavy atom. The Bertz CT molecular complexity index is 884. The van der Waals surface area contributed by atoms with Crippen LogP contribution in [0.5, 0.6) is 5.75 Å². The van der Waals surface area contributed by atoms with Crippen molar-refractivity contribution in [2.24, 2.45) is 0 Å². The monoisotopic (exact) mass is 401 g/mol. The number of nitrogens with zero attached hydrogens (tertiary/aromatic N) is 1. The van der Waals surface area contributed by atoms with E-state index in [1.54, 1.807) is 6.20 Å². The molecule has 2 amide bonds. The fraction of sp³-hybridized carbons (Fsp3) is 0.280. The van der Waals surface area contributed by atoms with Crippen LogP contribution in [0.3, 0.4) is 0 Å². The van der Waals surface area contributed by atoms with Crippen LogP contribution in [0.1, 0.15) is 48.5 Å². The first-order valence-electron chi connectivity index (χ1n) is 10.5. The van der Waals surface area contributed by atoms with Crippen LogP contribution >= 0.6 is 0 Å². The van der Waals surface area contributed by atoms with E-state index in [2.05, 4.69) is 15.6 Å². The highest BCUT2D eigenvalue weighted by atomic mass is 16.5. The van der Waals surface area contributed by atoms with E-state index in [1.165, 1.54) is 12.8 Å². The highest BCUT2D eigenvalue weighted by Crippen LogP contribution is 2.24. The Kier molecular flexibility index (Phi) is 6.60. The number of aromatic nitrogens is 1. The molecular weight excluding hydrogens is 374 g/mol. The molecule has 0 bridgehead atoms. The van der Waals surface area contributed by atoms with Crippen molar-refractivity contribution in [3.8, 4) is 5.75 Å². The van der Waals surface area contributed by atoms with E-state index in [0.717, 1.165) is 35.4 Å². The lowest BCUT2D eigenvalue weighted by Gasteiger charge is -2.19. The van der Waals surface area contributed by atoms with Crippen molar-refractivity contribution in [1.82, 2.24) is 15.6 Å². The molecule has 3 aromatic rings. The highest BCUT2D eigenvalue weighted by Gasteiger charge is 2.18. The van der Waals surface area contributed by atoms with Gasteiger partial charge in [-0.05, 0) is 61.1 Å². The minimum atomic E-state index is -0.311. The fourth-order valence-corrected chi connectivity index (χ4v) is 3.77. The summed E-state index contributed by atoms with van der Waals surface area (Å²) >= 11 is 0. The van der Waals surface area contributed by atoms with E-state index in [-0.39, 0.29) is 12.1 Å². The third-order valence-electron chi connectivity index (χ3n) is 5.37. The lowest BCUT2D eigenvalue weighted by Crippen LogP contribution is -2.38. The molecule has 2 aromatic carbocycles. The van der Waals surface area contributed by atoms with E-state index in [4.69, 9.17) is 4.74 Å². The first-order chi connectivity index (χ1) is 14.8. The Labute approximate surface area is 177 Å². The maximum Gasteiger partial charge on any atom is 0.315 e. The van der Waals surface area contributed by atoms with Gasteiger partial charge in [0, 0.05) is 12.7 Å². The van der Waals surface area contributed by atoms with E-state index in [1.807, 2.05) is 72.8 Å². The molecule has 5 heteroatoms. The lowest BCUT2D eigenvalue weighted by molar-refractivity contribution is 0.210. The summed E-state index contributed by atoms with van der Waals surface area (Å²) in [5.41, 5.74) is 2.81. The number of rotatable bonds is 7. The van der Waals surface area contributed by atoms with Crippen molar-refractivity contribution in [2.45, 2.75) is 44.4 Å². The molecule has 0 radical (unpaired) electrons. The van der Waals surface area contributed by atoms with Crippen LogP contribution in [0.2, 0.25) is 0 Å². The molecule has 0 saturated heterocycles. The van der Waals surface area contributed by atoms with Crippen LogP contribution in [-0.4, -0.2) is 17.1 Å². The van der Waals surface area contributed by atoms with Crippen molar-refractivity contribution in [3.63, 3.8) is 0 Å². The second-order valence-electron chi connectivity index (χ2n) is 7.59. The molecule has 1 aromatic heterocycles. The molecule has 0 aliphatic heterocycles. The summed E-state index contributed by atoms with van der Waals surface area (Å²) in [4.78, 5) is 17.0. The van der Waals surface area contributed by atoms with Crippen LogP contribution < -0.4 is 15.4 Å². The summed E-state index contributed by atoms with van der Waals surface area (Å²) in [6.07, 6.45) is 6.88. The van der Waals surface area contributed by atoms with Crippen molar-refractivity contribution < 1.29 is 9.53 Å². The predicted octanol–water partition coefficient (Wildman–Crippen LogP) is 4.99. The topological polar surface area (TPSA) is 63.2 Å². The Morgan fingerprint density at radius 1 is 0.967 bits per heavy atom. The fourth-order valence-electron chi connectivity index (χ4n) is 3.77. The number of hydrogen-bond donors (Lipinski definition) is 2. The first-order valence-corrected chi connectivity index (χ1v) is 10.5. The predicted molar refractivity (Wildman–Crippen MR) is 117 cm³/mol. The average Bonchev–Trinajstić information content (AvgIpc) is 3.31. The Hall–Kier alpha value is -3.34. The van der Waals surface area contributed by atoms with Gasteiger partial charge in [0.2, 0.25) is 0 Å². The summed E-state index contributed by atoms with van der Waals surface area (Å²) < 4.78 is 6.00. The van der Waals surface area contributed by atoms with Gasteiger partial charge in [0.15, 0.2) is 0 Å². The molecule has 1 heterocycles.